The Morgan fingerprint density at radius 3 is 2.16 bits per heavy atom. The van der Waals surface area contributed by atoms with E-state index in [0.29, 0.717) is 17.9 Å². The van der Waals surface area contributed by atoms with E-state index in [1.807, 2.05) is 52.8 Å². The van der Waals surface area contributed by atoms with Gasteiger partial charge in [0.1, 0.15) is 24.1 Å². The molecule has 0 fully saturated rings. The molecule has 232 valence electrons. The Balaban J connectivity index is 2.14. The Morgan fingerprint density at radius 1 is 0.884 bits per heavy atom. The van der Waals surface area contributed by atoms with Gasteiger partial charge in [0.15, 0.2) is 0 Å². The van der Waals surface area contributed by atoms with Crippen molar-refractivity contribution in [3.8, 4) is 11.5 Å². The third-order valence-corrected chi connectivity index (χ3v) is 9.14. The van der Waals surface area contributed by atoms with Crippen molar-refractivity contribution in [1.29, 1.82) is 0 Å². The van der Waals surface area contributed by atoms with Crippen molar-refractivity contribution >= 4 is 27.5 Å². The van der Waals surface area contributed by atoms with Crippen LogP contribution >= 0.6 is 0 Å². The number of hydrogen-bond acceptors (Lipinski definition) is 6. The van der Waals surface area contributed by atoms with E-state index in [9.17, 15) is 18.0 Å². The van der Waals surface area contributed by atoms with Crippen LogP contribution in [0.4, 0.5) is 5.69 Å². The molecule has 9 nitrogen and oxygen atoms in total. The van der Waals surface area contributed by atoms with Gasteiger partial charge in [0, 0.05) is 12.6 Å². The van der Waals surface area contributed by atoms with E-state index < -0.39 is 28.5 Å². The van der Waals surface area contributed by atoms with Gasteiger partial charge in [-0.2, -0.15) is 0 Å². The molecule has 3 aromatic rings. The van der Waals surface area contributed by atoms with Crippen molar-refractivity contribution in [3.05, 3.63) is 83.4 Å². The summed E-state index contributed by atoms with van der Waals surface area (Å²) in [7, 11) is -1.22. The molecule has 0 spiro atoms. The van der Waals surface area contributed by atoms with Crippen LogP contribution in [0.2, 0.25) is 0 Å². The normalized spacial score (nSPS) is 12.6. The Labute approximate surface area is 255 Å². The summed E-state index contributed by atoms with van der Waals surface area (Å²) in [6, 6.07) is 17.9. The maximum absolute atomic E-state index is 14.3. The molecule has 43 heavy (non-hydrogen) atoms. The average molecular weight is 610 g/mol. The van der Waals surface area contributed by atoms with Gasteiger partial charge in [0.25, 0.3) is 10.0 Å². The van der Waals surface area contributed by atoms with E-state index in [1.54, 1.807) is 43.5 Å². The number of hydrogen-bond donors (Lipinski definition) is 1. The predicted octanol–water partition coefficient (Wildman–Crippen LogP) is 5.24. The van der Waals surface area contributed by atoms with Crippen LogP contribution in [0.25, 0.3) is 0 Å². The lowest BCUT2D eigenvalue weighted by molar-refractivity contribution is -0.140. The van der Waals surface area contributed by atoms with Gasteiger partial charge in [0.2, 0.25) is 11.8 Å². The monoisotopic (exact) mass is 609 g/mol. The van der Waals surface area contributed by atoms with Crippen molar-refractivity contribution < 1.29 is 27.5 Å². The number of anilines is 1. The number of carbonyl (C=O) groups excluding carboxylic acids is 2. The Kier molecular flexibility index (Phi) is 11.6. The molecule has 10 heteroatoms. The van der Waals surface area contributed by atoms with E-state index in [2.05, 4.69) is 5.32 Å². The number of carbonyl (C=O) groups is 2. The van der Waals surface area contributed by atoms with Crippen LogP contribution < -0.4 is 19.1 Å². The molecule has 2 atom stereocenters. The van der Waals surface area contributed by atoms with Crippen molar-refractivity contribution in [3.63, 3.8) is 0 Å². The first-order valence-corrected chi connectivity index (χ1v) is 15.9. The lowest BCUT2D eigenvalue weighted by Gasteiger charge is -2.34. The predicted molar refractivity (Wildman–Crippen MR) is 169 cm³/mol. The first-order chi connectivity index (χ1) is 20.4. The van der Waals surface area contributed by atoms with E-state index in [1.165, 1.54) is 24.1 Å². The second kappa shape index (κ2) is 14.9. The number of nitrogens with one attached hydrogen (secondary N) is 1. The van der Waals surface area contributed by atoms with Crippen LogP contribution in [0.15, 0.2) is 71.6 Å². The van der Waals surface area contributed by atoms with Crippen molar-refractivity contribution in [1.82, 2.24) is 10.2 Å². The molecule has 0 saturated heterocycles. The maximum Gasteiger partial charge on any atom is 0.264 e. The van der Waals surface area contributed by atoms with Crippen LogP contribution in [0, 0.1) is 13.8 Å². The number of sulfonamides is 1. The summed E-state index contributed by atoms with van der Waals surface area (Å²) in [5.74, 6) is 0.0763. The molecule has 0 unspecified atom stereocenters. The van der Waals surface area contributed by atoms with Crippen LogP contribution in [-0.2, 0) is 26.2 Å². The SMILES string of the molecule is CC[C@H](C(=O)N[C@@H](C)CC)N(Cc1cccc(OC)c1)C(=O)CN(c1cc(C)ccc1OC)S(=O)(=O)c1ccc(C)cc1. The molecule has 3 rings (SSSR count). The summed E-state index contributed by atoms with van der Waals surface area (Å²) in [5, 5.41) is 2.99. The van der Waals surface area contributed by atoms with E-state index in [-0.39, 0.29) is 29.1 Å². The van der Waals surface area contributed by atoms with E-state index >= 15 is 0 Å². The third-order valence-electron chi connectivity index (χ3n) is 7.36. The van der Waals surface area contributed by atoms with Crippen molar-refractivity contribution in [2.75, 3.05) is 25.1 Å². The zero-order valence-corrected chi connectivity index (χ0v) is 26.9. The quantitative estimate of drug-likeness (QED) is 0.268. The third kappa shape index (κ3) is 8.28. The lowest BCUT2D eigenvalue weighted by atomic mass is 10.1. The number of methoxy groups -OCH3 is 2. The molecule has 0 aromatic heterocycles. The summed E-state index contributed by atoms with van der Waals surface area (Å²) in [6.45, 7) is 8.93. The molecular formula is C33H43N3O6S. The molecule has 0 bridgehead atoms. The Bertz CT molecular complexity index is 1510. The minimum absolute atomic E-state index is 0.0374. The molecule has 0 saturated carbocycles. The first-order valence-electron chi connectivity index (χ1n) is 14.4. The van der Waals surface area contributed by atoms with Gasteiger partial charge in [-0.3, -0.25) is 13.9 Å². The molecule has 1 N–H and O–H groups in total. The van der Waals surface area contributed by atoms with Crippen LogP contribution in [0.1, 0.15) is 50.3 Å². The lowest BCUT2D eigenvalue weighted by Crippen LogP contribution is -2.53. The molecule has 3 aromatic carbocycles. The van der Waals surface area contributed by atoms with Crippen LogP contribution in [-0.4, -0.2) is 58.0 Å². The second-order valence-electron chi connectivity index (χ2n) is 10.6. The summed E-state index contributed by atoms with van der Waals surface area (Å²) >= 11 is 0. The Morgan fingerprint density at radius 2 is 1.56 bits per heavy atom. The first kappa shape index (κ1) is 33.5. The van der Waals surface area contributed by atoms with Gasteiger partial charge in [-0.25, -0.2) is 8.42 Å². The highest BCUT2D eigenvalue weighted by molar-refractivity contribution is 7.92. The average Bonchev–Trinajstić information content (AvgIpc) is 2.99. The maximum atomic E-state index is 14.3. The smallest absolute Gasteiger partial charge is 0.264 e. The fraction of sp³-hybridized carbons (Fsp3) is 0.394. The number of amides is 2. The van der Waals surface area contributed by atoms with Gasteiger partial charge in [-0.1, -0.05) is 49.7 Å². The highest BCUT2D eigenvalue weighted by atomic mass is 32.2. The fourth-order valence-electron chi connectivity index (χ4n) is 4.67. The summed E-state index contributed by atoms with van der Waals surface area (Å²) in [4.78, 5) is 29.3. The summed E-state index contributed by atoms with van der Waals surface area (Å²) < 4.78 is 40.4. The minimum atomic E-state index is -4.22. The van der Waals surface area contributed by atoms with Gasteiger partial charge in [-0.05, 0) is 81.1 Å². The molecule has 0 aliphatic carbocycles. The standard InChI is InChI=1S/C33H43N3O6S/c1-8-25(5)34-33(38)29(9-2)35(21-26-11-10-12-27(20-26)41-6)32(37)22-36(30-19-24(4)15-18-31(30)42-7)43(39,40)28-16-13-23(3)14-17-28/h10-20,25,29H,8-9,21-22H2,1-7H3,(H,34,38)/t25-,29+/m0/s1. The number of aryl methyl sites for hydroxylation is 2. The summed E-state index contributed by atoms with van der Waals surface area (Å²) in [6.07, 6.45) is 1.05. The second-order valence-corrected chi connectivity index (χ2v) is 12.5. The van der Waals surface area contributed by atoms with Gasteiger partial charge >= 0.3 is 0 Å². The zero-order valence-electron chi connectivity index (χ0n) is 26.1. The molecular weight excluding hydrogens is 566 g/mol. The molecule has 0 heterocycles. The largest absolute Gasteiger partial charge is 0.497 e. The van der Waals surface area contributed by atoms with Crippen LogP contribution in [0.3, 0.4) is 0 Å². The number of nitrogens with zero attached hydrogens (tertiary/aromatic N) is 2. The fourth-order valence-corrected chi connectivity index (χ4v) is 6.09. The van der Waals surface area contributed by atoms with Gasteiger partial charge < -0.3 is 19.7 Å². The molecule has 0 radical (unpaired) electrons. The van der Waals surface area contributed by atoms with E-state index in [4.69, 9.17) is 9.47 Å². The Hall–Kier alpha value is -4.05. The van der Waals surface area contributed by atoms with Gasteiger partial charge in [-0.15, -0.1) is 0 Å². The summed E-state index contributed by atoms with van der Waals surface area (Å²) in [5.41, 5.74) is 2.66. The van der Waals surface area contributed by atoms with Gasteiger partial charge in [0.05, 0.1) is 24.8 Å². The molecule has 0 aliphatic heterocycles. The van der Waals surface area contributed by atoms with Crippen LogP contribution in [0.5, 0.6) is 11.5 Å². The highest BCUT2D eigenvalue weighted by Gasteiger charge is 2.35. The number of rotatable bonds is 14. The van der Waals surface area contributed by atoms with Crippen molar-refractivity contribution in [2.24, 2.45) is 0 Å². The topological polar surface area (TPSA) is 105 Å². The number of benzene rings is 3. The zero-order chi connectivity index (χ0) is 31.7. The highest BCUT2D eigenvalue weighted by Crippen LogP contribution is 2.34. The van der Waals surface area contributed by atoms with E-state index in [0.717, 1.165) is 27.4 Å². The molecule has 0 aliphatic rings. The molecule has 2 amide bonds. The number of ether oxygens (including phenoxy) is 2. The van der Waals surface area contributed by atoms with Crippen molar-refractivity contribution in [2.45, 2.75) is 71.0 Å². The minimum Gasteiger partial charge on any atom is -0.497 e.